The van der Waals surface area contributed by atoms with Gasteiger partial charge in [-0.2, -0.15) is 0 Å². The van der Waals surface area contributed by atoms with E-state index < -0.39 is 0 Å². The van der Waals surface area contributed by atoms with Crippen molar-refractivity contribution in [1.29, 1.82) is 0 Å². The van der Waals surface area contributed by atoms with Crippen LogP contribution in [0.4, 0.5) is 0 Å². The van der Waals surface area contributed by atoms with Gasteiger partial charge in [-0.3, -0.25) is 4.79 Å². The Labute approximate surface area is 125 Å². The lowest BCUT2D eigenvalue weighted by Gasteiger charge is -2.18. The Morgan fingerprint density at radius 3 is 3.05 bits per heavy atom. The number of carbonyl (C=O) groups is 1. The maximum Gasteiger partial charge on any atom is 0.255 e. The lowest BCUT2D eigenvalue weighted by molar-refractivity contribution is 0.0784. The monoisotopic (exact) mass is 286 g/mol. The van der Waals surface area contributed by atoms with E-state index in [9.17, 15) is 4.79 Å². The lowest BCUT2D eigenvalue weighted by atomic mass is 10.0. The number of carbonyl (C=O) groups excluding carboxylic acids is 1. The predicted molar refractivity (Wildman–Crippen MR) is 82.8 cm³/mol. The minimum atomic E-state index is 0.0282. The fourth-order valence-electron chi connectivity index (χ4n) is 2.70. The van der Waals surface area contributed by atoms with Gasteiger partial charge < -0.3 is 15.7 Å². The molecular formula is C17H22N2O2. The summed E-state index contributed by atoms with van der Waals surface area (Å²) in [6, 6.07) is 5.73. The van der Waals surface area contributed by atoms with Crippen molar-refractivity contribution < 1.29 is 9.90 Å². The van der Waals surface area contributed by atoms with Crippen molar-refractivity contribution in [1.82, 2.24) is 4.90 Å². The van der Waals surface area contributed by atoms with Crippen molar-refractivity contribution in [3.63, 3.8) is 0 Å². The highest BCUT2D eigenvalue weighted by Crippen LogP contribution is 2.22. The molecule has 4 nitrogen and oxygen atoms in total. The number of hydrogen-bond donors (Lipinski definition) is 2. The van der Waals surface area contributed by atoms with Crippen molar-refractivity contribution in [2.45, 2.75) is 19.8 Å². The van der Waals surface area contributed by atoms with Gasteiger partial charge in [-0.05, 0) is 37.8 Å². The quantitative estimate of drug-likeness (QED) is 0.819. The Balaban J connectivity index is 2.21. The van der Waals surface area contributed by atoms with E-state index in [2.05, 4.69) is 11.8 Å². The first-order valence-corrected chi connectivity index (χ1v) is 7.35. The predicted octanol–water partition coefficient (Wildman–Crippen LogP) is 1.15. The van der Waals surface area contributed by atoms with Crippen LogP contribution in [0.2, 0.25) is 0 Å². The number of aryl methyl sites for hydroxylation is 1. The van der Waals surface area contributed by atoms with Gasteiger partial charge in [0.25, 0.3) is 5.91 Å². The van der Waals surface area contributed by atoms with Crippen LogP contribution >= 0.6 is 0 Å². The zero-order chi connectivity index (χ0) is 15.2. The molecule has 3 N–H and O–H groups in total. The number of aliphatic hydroxyl groups is 1. The van der Waals surface area contributed by atoms with Crippen molar-refractivity contribution in [2.24, 2.45) is 11.7 Å². The molecule has 0 saturated carbocycles. The molecule has 112 valence electrons. The van der Waals surface area contributed by atoms with Gasteiger partial charge in [0, 0.05) is 25.3 Å². The third-order valence-electron chi connectivity index (χ3n) is 3.84. The summed E-state index contributed by atoms with van der Waals surface area (Å²) in [6.07, 6.45) is 1.72. The van der Waals surface area contributed by atoms with Gasteiger partial charge in [0.05, 0.1) is 12.1 Å². The number of benzene rings is 1. The minimum absolute atomic E-state index is 0.0282. The minimum Gasteiger partial charge on any atom is -0.396 e. The maximum absolute atomic E-state index is 12.7. The Hall–Kier alpha value is -1.83. The molecule has 1 aliphatic rings. The van der Waals surface area contributed by atoms with Crippen LogP contribution in [0, 0.1) is 24.7 Å². The molecule has 0 aliphatic carbocycles. The van der Waals surface area contributed by atoms with Crippen molar-refractivity contribution >= 4 is 5.91 Å². The molecule has 1 heterocycles. The van der Waals surface area contributed by atoms with Gasteiger partial charge in [0.15, 0.2) is 0 Å². The van der Waals surface area contributed by atoms with Crippen molar-refractivity contribution in [3.8, 4) is 11.8 Å². The van der Waals surface area contributed by atoms with E-state index in [0.29, 0.717) is 11.5 Å². The van der Waals surface area contributed by atoms with Crippen LogP contribution in [0.3, 0.4) is 0 Å². The van der Waals surface area contributed by atoms with Crippen LogP contribution in [0.1, 0.15) is 34.3 Å². The first kappa shape index (κ1) is 15.6. The fraction of sp³-hybridized carbons (Fsp3) is 0.471. The first-order valence-electron chi connectivity index (χ1n) is 7.35. The summed E-state index contributed by atoms with van der Waals surface area (Å²) in [4.78, 5) is 14.6. The van der Waals surface area contributed by atoms with E-state index >= 15 is 0 Å². The van der Waals surface area contributed by atoms with Crippen LogP contribution in [-0.4, -0.2) is 42.2 Å². The highest BCUT2D eigenvalue weighted by molar-refractivity contribution is 5.97. The van der Waals surface area contributed by atoms with Crippen molar-refractivity contribution in [3.05, 3.63) is 34.9 Å². The van der Waals surface area contributed by atoms with Gasteiger partial charge in [-0.25, -0.2) is 0 Å². The molecule has 4 heteroatoms. The maximum atomic E-state index is 12.7. The molecule has 1 atom stereocenters. The Bertz CT molecular complexity index is 572. The molecule has 0 radical (unpaired) electrons. The largest absolute Gasteiger partial charge is 0.396 e. The number of nitrogens with zero attached hydrogens (tertiary/aromatic N) is 1. The SMILES string of the molecule is Cc1ccc(C#CCN)c(C(=O)N2CCC(CCO)C2)c1. The van der Waals surface area contributed by atoms with Gasteiger partial charge in [-0.1, -0.05) is 23.5 Å². The number of likely N-dealkylation sites (tertiary alicyclic amines) is 1. The molecule has 1 amide bonds. The smallest absolute Gasteiger partial charge is 0.255 e. The van der Waals surface area contributed by atoms with Crippen LogP contribution in [0.15, 0.2) is 18.2 Å². The van der Waals surface area contributed by atoms with E-state index in [1.807, 2.05) is 30.0 Å². The molecule has 0 bridgehead atoms. The highest BCUT2D eigenvalue weighted by Gasteiger charge is 2.27. The summed E-state index contributed by atoms with van der Waals surface area (Å²) in [5.41, 5.74) is 7.85. The molecule has 21 heavy (non-hydrogen) atoms. The average molecular weight is 286 g/mol. The van der Waals surface area contributed by atoms with E-state index in [1.54, 1.807) is 0 Å². The molecule has 2 rings (SSSR count). The van der Waals surface area contributed by atoms with Gasteiger partial charge in [-0.15, -0.1) is 0 Å². The summed E-state index contributed by atoms with van der Waals surface area (Å²) in [5.74, 6) is 6.22. The zero-order valence-corrected chi connectivity index (χ0v) is 12.4. The number of aliphatic hydroxyl groups excluding tert-OH is 1. The molecule has 1 aliphatic heterocycles. The van der Waals surface area contributed by atoms with E-state index in [1.165, 1.54) is 0 Å². The first-order chi connectivity index (χ1) is 10.2. The summed E-state index contributed by atoms with van der Waals surface area (Å²) >= 11 is 0. The van der Waals surface area contributed by atoms with Gasteiger partial charge in [0.2, 0.25) is 0 Å². The summed E-state index contributed by atoms with van der Waals surface area (Å²) in [5, 5.41) is 9.01. The number of hydrogen-bond acceptors (Lipinski definition) is 3. The van der Waals surface area contributed by atoms with E-state index in [0.717, 1.165) is 37.1 Å². The molecule has 0 spiro atoms. The third kappa shape index (κ3) is 3.84. The lowest BCUT2D eigenvalue weighted by Crippen LogP contribution is -2.29. The Morgan fingerprint density at radius 2 is 2.33 bits per heavy atom. The second kappa shape index (κ2) is 7.26. The summed E-state index contributed by atoms with van der Waals surface area (Å²) < 4.78 is 0. The Kier molecular flexibility index (Phi) is 5.38. The number of rotatable bonds is 3. The normalized spacial score (nSPS) is 17.5. The molecule has 1 fully saturated rings. The highest BCUT2D eigenvalue weighted by atomic mass is 16.3. The van der Waals surface area contributed by atoms with E-state index in [-0.39, 0.29) is 19.1 Å². The van der Waals surface area contributed by atoms with Crippen molar-refractivity contribution in [2.75, 3.05) is 26.2 Å². The van der Waals surface area contributed by atoms with Crippen LogP contribution < -0.4 is 5.73 Å². The molecule has 1 aromatic carbocycles. The summed E-state index contributed by atoms with van der Waals surface area (Å²) in [6.45, 7) is 3.90. The second-order valence-corrected chi connectivity index (χ2v) is 5.47. The average Bonchev–Trinajstić information content (AvgIpc) is 2.94. The zero-order valence-electron chi connectivity index (χ0n) is 12.4. The second-order valence-electron chi connectivity index (χ2n) is 5.47. The molecule has 0 aromatic heterocycles. The molecule has 1 saturated heterocycles. The number of amides is 1. The molecule has 1 aromatic rings. The van der Waals surface area contributed by atoms with Gasteiger partial charge in [0.1, 0.15) is 0 Å². The number of nitrogens with two attached hydrogens (primary N) is 1. The molecule has 1 unspecified atom stereocenters. The molecular weight excluding hydrogens is 264 g/mol. The topological polar surface area (TPSA) is 66.6 Å². The fourth-order valence-corrected chi connectivity index (χ4v) is 2.70. The van der Waals surface area contributed by atoms with Crippen LogP contribution in [-0.2, 0) is 0 Å². The third-order valence-corrected chi connectivity index (χ3v) is 3.84. The van der Waals surface area contributed by atoms with Crippen LogP contribution in [0.25, 0.3) is 0 Å². The standard InChI is InChI=1S/C17H22N2O2/c1-13-4-5-15(3-2-8-18)16(11-13)17(21)19-9-6-14(12-19)7-10-20/h4-5,11,14,20H,6-10,12,18H2,1H3. The Morgan fingerprint density at radius 1 is 1.52 bits per heavy atom. The van der Waals surface area contributed by atoms with E-state index in [4.69, 9.17) is 10.8 Å². The summed E-state index contributed by atoms with van der Waals surface area (Å²) in [7, 11) is 0. The van der Waals surface area contributed by atoms with Crippen LogP contribution in [0.5, 0.6) is 0 Å². The van der Waals surface area contributed by atoms with Gasteiger partial charge >= 0.3 is 0 Å².